The second kappa shape index (κ2) is 5.15. The highest BCUT2D eigenvalue weighted by Crippen LogP contribution is 2.22. The number of amides is 1. The monoisotopic (exact) mass is 226 g/mol. The fourth-order valence-corrected chi connectivity index (χ4v) is 2.19. The maximum atomic E-state index is 12.1. The maximum absolute atomic E-state index is 12.1. The van der Waals surface area contributed by atoms with Crippen molar-refractivity contribution in [2.24, 2.45) is 0 Å². The standard InChI is InChI=1S/C12H22N2O2/c1-2-10(15)8-14-7-3-4-11(12(14)16)13-9-5-6-9/h9-11,13,15H,2-8H2,1H3. The zero-order valence-corrected chi connectivity index (χ0v) is 9.98. The molecule has 92 valence electrons. The summed E-state index contributed by atoms with van der Waals surface area (Å²) in [6.45, 7) is 3.25. The fourth-order valence-electron chi connectivity index (χ4n) is 2.19. The molecule has 1 aliphatic heterocycles. The van der Waals surface area contributed by atoms with Gasteiger partial charge in [0.05, 0.1) is 12.1 Å². The fraction of sp³-hybridized carbons (Fsp3) is 0.917. The summed E-state index contributed by atoms with van der Waals surface area (Å²) in [5.41, 5.74) is 0. The van der Waals surface area contributed by atoms with E-state index in [0.717, 1.165) is 19.4 Å². The second-order valence-electron chi connectivity index (χ2n) is 4.98. The third-order valence-electron chi connectivity index (χ3n) is 3.45. The lowest BCUT2D eigenvalue weighted by Gasteiger charge is -2.34. The highest BCUT2D eigenvalue weighted by atomic mass is 16.3. The molecule has 2 rings (SSSR count). The van der Waals surface area contributed by atoms with Gasteiger partial charge in [-0.05, 0) is 32.1 Å². The van der Waals surface area contributed by atoms with Crippen LogP contribution in [-0.4, -0.2) is 47.2 Å². The number of aliphatic hydroxyl groups excluding tert-OH is 1. The van der Waals surface area contributed by atoms with Gasteiger partial charge >= 0.3 is 0 Å². The van der Waals surface area contributed by atoms with Gasteiger partial charge in [0.25, 0.3) is 0 Å². The minimum absolute atomic E-state index is 0.00491. The van der Waals surface area contributed by atoms with Crippen molar-refractivity contribution in [1.82, 2.24) is 10.2 Å². The highest BCUT2D eigenvalue weighted by Gasteiger charge is 2.33. The number of carbonyl (C=O) groups excluding carboxylic acids is 1. The lowest BCUT2D eigenvalue weighted by Crippen LogP contribution is -2.52. The average Bonchev–Trinajstić information content (AvgIpc) is 3.07. The number of piperidine rings is 1. The van der Waals surface area contributed by atoms with E-state index in [1.165, 1.54) is 12.8 Å². The van der Waals surface area contributed by atoms with E-state index in [1.54, 1.807) is 0 Å². The number of hydrogen-bond acceptors (Lipinski definition) is 3. The van der Waals surface area contributed by atoms with Gasteiger partial charge in [-0.15, -0.1) is 0 Å². The summed E-state index contributed by atoms with van der Waals surface area (Å²) in [6, 6.07) is 0.579. The number of aliphatic hydroxyl groups is 1. The van der Waals surface area contributed by atoms with E-state index in [0.29, 0.717) is 19.0 Å². The number of rotatable bonds is 5. The Balaban J connectivity index is 1.85. The minimum atomic E-state index is -0.372. The summed E-state index contributed by atoms with van der Waals surface area (Å²) in [7, 11) is 0. The van der Waals surface area contributed by atoms with Crippen LogP contribution in [0.4, 0.5) is 0 Å². The van der Waals surface area contributed by atoms with E-state index in [4.69, 9.17) is 0 Å². The molecule has 2 N–H and O–H groups in total. The van der Waals surface area contributed by atoms with Crippen molar-refractivity contribution in [3.63, 3.8) is 0 Å². The van der Waals surface area contributed by atoms with Gasteiger partial charge in [-0.2, -0.15) is 0 Å². The third kappa shape index (κ3) is 2.95. The van der Waals surface area contributed by atoms with Gasteiger partial charge < -0.3 is 15.3 Å². The van der Waals surface area contributed by atoms with Gasteiger partial charge in [-0.25, -0.2) is 0 Å². The summed E-state index contributed by atoms with van der Waals surface area (Å²) in [5.74, 6) is 0.186. The topological polar surface area (TPSA) is 52.6 Å². The van der Waals surface area contributed by atoms with Crippen LogP contribution >= 0.6 is 0 Å². The Morgan fingerprint density at radius 2 is 2.25 bits per heavy atom. The van der Waals surface area contributed by atoms with Crippen LogP contribution < -0.4 is 5.32 Å². The first-order valence-electron chi connectivity index (χ1n) is 6.43. The molecule has 16 heavy (non-hydrogen) atoms. The number of nitrogens with one attached hydrogen (secondary N) is 1. The first-order chi connectivity index (χ1) is 7.70. The Bertz CT molecular complexity index is 253. The van der Waals surface area contributed by atoms with Crippen LogP contribution in [0.5, 0.6) is 0 Å². The maximum Gasteiger partial charge on any atom is 0.239 e. The Hall–Kier alpha value is -0.610. The zero-order chi connectivity index (χ0) is 11.5. The first-order valence-corrected chi connectivity index (χ1v) is 6.43. The molecule has 0 aromatic rings. The van der Waals surface area contributed by atoms with E-state index >= 15 is 0 Å². The molecular formula is C12H22N2O2. The molecule has 0 aromatic carbocycles. The zero-order valence-electron chi connectivity index (χ0n) is 9.98. The van der Waals surface area contributed by atoms with Crippen molar-refractivity contribution in [2.45, 2.75) is 57.2 Å². The summed E-state index contributed by atoms with van der Waals surface area (Å²) in [5, 5.41) is 13.0. The normalized spacial score (nSPS) is 28.2. The van der Waals surface area contributed by atoms with Crippen molar-refractivity contribution in [2.75, 3.05) is 13.1 Å². The number of hydrogen-bond donors (Lipinski definition) is 2. The Morgan fingerprint density at radius 3 is 2.88 bits per heavy atom. The molecule has 4 heteroatoms. The van der Waals surface area contributed by atoms with Crippen LogP contribution in [0.1, 0.15) is 39.0 Å². The molecule has 1 aliphatic carbocycles. The summed E-state index contributed by atoms with van der Waals surface area (Å²) in [6.07, 6.45) is 4.76. The van der Waals surface area contributed by atoms with Gasteiger partial charge in [0.15, 0.2) is 0 Å². The van der Waals surface area contributed by atoms with Crippen LogP contribution in [0, 0.1) is 0 Å². The molecule has 0 aromatic heterocycles. The Morgan fingerprint density at radius 1 is 1.50 bits per heavy atom. The molecule has 4 nitrogen and oxygen atoms in total. The van der Waals surface area contributed by atoms with E-state index < -0.39 is 0 Å². The first kappa shape index (κ1) is 11.9. The van der Waals surface area contributed by atoms with Gasteiger partial charge in [0.2, 0.25) is 5.91 Å². The van der Waals surface area contributed by atoms with Crippen molar-refractivity contribution >= 4 is 5.91 Å². The van der Waals surface area contributed by atoms with Crippen LogP contribution in [0.3, 0.4) is 0 Å². The molecule has 1 amide bonds. The van der Waals surface area contributed by atoms with E-state index in [9.17, 15) is 9.90 Å². The Kier molecular flexibility index (Phi) is 3.82. The van der Waals surface area contributed by atoms with Gasteiger partial charge in [-0.3, -0.25) is 4.79 Å². The number of likely N-dealkylation sites (tertiary alicyclic amines) is 1. The molecule has 1 heterocycles. The average molecular weight is 226 g/mol. The molecule has 2 unspecified atom stereocenters. The van der Waals surface area contributed by atoms with Crippen molar-refractivity contribution in [1.29, 1.82) is 0 Å². The largest absolute Gasteiger partial charge is 0.391 e. The number of nitrogens with zero attached hydrogens (tertiary/aromatic N) is 1. The molecule has 0 spiro atoms. The summed E-state index contributed by atoms with van der Waals surface area (Å²) >= 11 is 0. The predicted molar refractivity (Wildman–Crippen MR) is 62.1 cm³/mol. The third-order valence-corrected chi connectivity index (χ3v) is 3.45. The van der Waals surface area contributed by atoms with Crippen molar-refractivity contribution in [3.8, 4) is 0 Å². The molecule has 2 atom stereocenters. The lowest BCUT2D eigenvalue weighted by molar-refractivity contribution is -0.137. The predicted octanol–water partition coefficient (Wildman–Crippen LogP) is 0.500. The van der Waals surface area contributed by atoms with Gasteiger partial charge in [0, 0.05) is 19.1 Å². The molecular weight excluding hydrogens is 204 g/mol. The molecule has 0 bridgehead atoms. The van der Waals surface area contributed by atoms with Gasteiger partial charge in [-0.1, -0.05) is 6.92 Å². The molecule has 1 saturated carbocycles. The van der Waals surface area contributed by atoms with Crippen LogP contribution in [0.2, 0.25) is 0 Å². The molecule has 2 fully saturated rings. The van der Waals surface area contributed by atoms with Crippen LogP contribution in [0.15, 0.2) is 0 Å². The quantitative estimate of drug-likeness (QED) is 0.718. The van der Waals surface area contributed by atoms with Gasteiger partial charge in [0.1, 0.15) is 0 Å². The SMILES string of the molecule is CCC(O)CN1CCCC(NC2CC2)C1=O. The van der Waals surface area contributed by atoms with Crippen LogP contribution in [-0.2, 0) is 4.79 Å². The summed E-state index contributed by atoms with van der Waals surface area (Å²) in [4.78, 5) is 13.9. The highest BCUT2D eigenvalue weighted by molar-refractivity contribution is 5.82. The molecule has 2 aliphatic rings. The van der Waals surface area contributed by atoms with E-state index in [2.05, 4.69) is 5.32 Å². The summed E-state index contributed by atoms with van der Waals surface area (Å²) < 4.78 is 0. The van der Waals surface area contributed by atoms with Crippen molar-refractivity contribution in [3.05, 3.63) is 0 Å². The number of β-amino-alcohol motifs (C(OH)–C–C–N with tert-alkyl or cyclic N) is 1. The van der Waals surface area contributed by atoms with E-state index in [-0.39, 0.29) is 18.1 Å². The molecule has 1 saturated heterocycles. The lowest BCUT2D eigenvalue weighted by atomic mass is 10.0. The van der Waals surface area contributed by atoms with Crippen molar-refractivity contribution < 1.29 is 9.90 Å². The Labute approximate surface area is 97.0 Å². The number of carbonyl (C=O) groups is 1. The second-order valence-corrected chi connectivity index (χ2v) is 4.98. The molecule has 0 radical (unpaired) electrons. The van der Waals surface area contributed by atoms with E-state index in [1.807, 2.05) is 11.8 Å². The minimum Gasteiger partial charge on any atom is -0.391 e. The van der Waals surface area contributed by atoms with Crippen LogP contribution in [0.25, 0.3) is 0 Å². The smallest absolute Gasteiger partial charge is 0.239 e.